The van der Waals surface area contributed by atoms with Gasteiger partial charge in [0.2, 0.25) is 0 Å². The standard InChI is InChI=1S/C14H14BrNO3/c1-9-11(15)10-5-3-4-6-16(10)12(9)14(7-19-8-14)13(17)18-2/h3-6H,7-8H2,1-2H3. The Bertz CT molecular complexity index is 658. The number of hydrogen-bond acceptors (Lipinski definition) is 3. The number of ether oxygens (including phenoxy) is 2. The van der Waals surface area contributed by atoms with Gasteiger partial charge < -0.3 is 13.9 Å². The molecule has 3 heterocycles. The van der Waals surface area contributed by atoms with Crippen LogP contribution in [0.4, 0.5) is 0 Å². The first-order valence-electron chi connectivity index (χ1n) is 6.03. The molecule has 0 atom stereocenters. The van der Waals surface area contributed by atoms with Gasteiger partial charge in [0.1, 0.15) is 0 Å². The molecule has 0 N–H and O–H groups in total. The second-order valence-electron chi connectivity index (χ2n) is 4.81. The Morgan fingerprint density at radius 1 is 1.47 bits per heavy atom. The molecule has 1 fully saturated rings. The van der Waals surface area contributed by atoms with E-state index in [-0.39, 0.29) is 5.97 Å². The van der Waals surface area contributed by atoms with E-state index in [0.29, 0.717) is 13.2 Å². The van der Waals surface area contributed by atoms with Crippen LogP contribution in [0.5, 0.6) is 0 Å². The van der Waals surface area contributed by atoms with Gasteiger partial charge in [-0.2, -0.15) is 0 Å². The number of aromatic nitrogens is 1. The van der Waals surface area contributed by atoms with E-state index in [0.717, 1.165) is 21.2 Å². The molecule has 4 nitrogen and oxygen atoms in total. The van der Waals surface area contributed by atoms with E-state index >= 15 is 0 Å². The van der Waals surface area contributed by atoms with Crippen LogP contribution in [0.2, 0.25) is 0 Å². The van der Waals surface area contributed by atoms with Gasteiger partial charge in [0.05, 0.1) is 25.8 Å². The third-order valence-corrected chi connectivity index (χ3v) is 4.74. The van der Waals surface area contributed by atoms with Crippen molar-refractivity contribution in [3.8, 4) is 0 Å². The second-order valence-corrected chi connectivity index (χ2v) is 5.60. The molecule has 0 amide bonds. The highest BCUT2D eigenvalue weighted by molar-refractivity contribution is 9.10. The number of esters is 1. The number of nitrogens with zero attached hydrogens (tertiary/aromatic N) is 1. The Hall–Kier alpha value is -1.33. The summed E-state index contributed by atoms with van der Waals surface area (Å²) >= 11 is 3.60. The summed E-state index contributed by atoms with van der Waals surface area (Å²) in [6.45, 7) is 2.75. The predicted octanol–water partition coefficient (Wildman–Crippen LogP) is 2.45. The summed E-state index contributed by atoms with van der Waals surface area (Å²) in [4.78, 5) is 12.2. The van der Waals surface area contributed by atoms with Gasteiger partial charge in [0.15, 0.2) is 5.41 Å². The first kappa shape index (κ1) is 12.7. The van der Waals surface area contributed by atoms with Crippen molar-refractivity contribution in [3.05, 3.63) is 40.1 Å². The maximum absolute atomic E-state index is 12.2. The molecular weight excluding hydrogens is 310 g/mol. The molecule has 0 saturated carbocycles. The lowest BCUT2D eigenvalue weighted by Gasteiger charge is -2.39. The van der Waals surface area contributed by atoms with Crippen molar-refractivity contribution in [2.45, 2.75) is 12.3 Å². The fourth-order valence-corrected chi connectivity index (χ4v) is 3.25. The Balaban J connectivity index is 2.30. The van der Waals surface area contributed by atoms with E-state index in [1.54, 1.807) is 0 Å². The van der Waals surface area contributed by atoms with Crippen LogP contribution in [0, 0.1) is 6.92 Å². The van der Waals surface area contributed by atoms with Gasteiger partial charge in [-0.1, -0.05) is 6.07 Å². The van der Waals surface area contributed by atoms with Crippen LogP contribution in [0.1, 0.15) is 11.3 Å². The number of carbonyl (C=O) groups excluding carboxylic acids is 1. The number of rotatable bonds is 2. The number of carbonyl (C=O) groups is 1. The minimum absolute atomic E-state index is 0.238. The largest absolute Gasteiger partial charge is 0.468 e. The summed E-state index contributed by atoms with van der Waals surface area (Å²) in [5.41, 5.74) is 2.37. The van der Waals surface area contributed by atoms with Gasteiger partial charge in [-0.25, -0.2) is 0 Å². The van der Waals surface area contributed by atoms with Crippen molar-refractivity contribution in [1.82, 2.24) is 4.40 Å². The summed E-state index contributed by atoms with van der Waals surface area (Å²) in [7, 11) is 1.42. The molecule has 0 radical (unpaired) electrons. The minimum atomic E-state index is -0.685. The van der Waals surface area contributed by atoms with Crippen LogP contribution in [0.3, 0.4) is 0 Å². The molecule has 1 aliphatic heterocycles. The molecule has 100 valence electrons. The molecule has 19 heavy (non-hydrogen) atoms. The molecule has 0 unspecified atom stereocenters. The van der Waals surface area contributed by atoms with Crippen LogP contribution < -0.4 is 0 Å². The molecule has 0 aliphatic carbocycles. The molecule has 0 spiro atoms. The molecule has 0 aromatic carbocycles. The van der Waals surface area contributed by atoms with Gasteiger partial charge in [0.25, 0.3) is 0 Å². The molecule has 5 heteroatoms. The first-order valence-corrected chi connectivity index (χ1v) is 6.83. The Morgan fingerprint density at radius 2 is 2.21 bits per heavy atom. The topological polar surface area (TPSA) is 39.9 Å². The Labute approximate surface area is 119 Å². The van der Waals surface area contributed by atoms with Crippen LogP contribution in [0.25, 0.3) is 5.52 Å². The number of hydrogen-bond donors (Lipinski definition) is 0. The molecule has 1 aliphatic rings. The fraction of sp³-hybridized carbons (Fsp3) is 0.357. The van der Waals surface area contributed by atoms with E-state index in [2.05, 4.69) is 15.9 Å². The molecule has 3 rings (SSSR count). The van der Waals surface area contributed by atoms with E-state index in [4.69, 9.17) is 9.47 Å². The van der Waals surface area contributed by atoms with Gasteiger partial charge in [-0.05, 0) is 40.5 Å². The van der Waals surface area contributed by atoms with Crippen molar-refractivity contribution in [3.63, 3.8) is 0 Å². The summed E-state index contributed by atoms with van der Waals surface area (Å²) in [5.74, 6) is -0.238. The smallest absolute Gasteiger partial charge is 0.322 e. The van der Waals surface area contributed by atoms with Gasteiger partial charge >= 0.3 is 5.97 Å². The minimum Gasteiger partial charge on any atom is -0.468 e. The normalized spacial score (nSPS) is 17.2. The Kier molecular flexibility index (Phi) is 2.91. The number of halogens is 1. The SMILES string of the molecule is COC(=O)C1(c2c(C)c(Br)c3ccccn23)COC1. The van der Waals surface area contributed by atoms with E-state index in [1.807, 2.05) is 35.7 Å². The zero-order valence-electron chi connectivity index (χ0n) is 10.8. The highest BCUT2D eigenvalue weighted by atomic mass is 79.9. The monoisotopic (exact) mass is 323 g/mol. The predicted molar refractivity (Wildman–Crippen MR) is 74.3 cm³/mol. The third kappa shape index (κ3) is 1.58. The lowest BCUT2D eigenvalue weighted by molar-refractivity contribution is -0.167. The summed E-state index contributed by atoms with van der Waals surface area (Å²) in [6, 6.07) is 5.95. The van der Waals surface area contributed by atoms with Gasteiger partial charge in [-0.3, -0.25) is 4.79 Å². The summed E-state index contributed by atoms with van der Waals surface area (Å²) in [6.07, 6.45) is 1.96. The highest BCUT2D eigenvalue weighted by Gasteiger charge is 2.51. The zero-order chi connectivity index (χ0) is 13.6. The first-order chi connectivity index (χ1) is 9.12. The lowest BCUT2D eigenvalue weighted by Crippen LogP contribution is -2.54. The van der Waals surface area contributed by atoms with Crippen molar-refractivity contribution < 1.29 is 14.3 Å². The quantitative estimate of drug-likeness (QED) is 0.797. The van der Waals surface area contributed by atoms with Crippen molar-refractivity contribution in [2.75, 3.05) is 20.3 Å². The average Bonchev–Trinajstić information content (AvgIpc) is 2.63. The van der Waals surface area contributed by atoms with Crippen molar-refractivity contribution >= 4 is 27.4 Å². The highest BCUT2D eigenvalue weighted by Crippen LogP contribution is 2.40. The molecule has 2 aromatic heterocycles. The second kappa shape index (κ2) is 4.35. The van der Waals surface area contributed by atoms with Gasteiger partial charge in [-0.15, -0.1) is 0 Å². The molecule has 1 saturated heterocycles. The van der Waals surface area contributed by atoms with Crippen LogP contribution >= 0.6 is 15.9 Å². The maximum atomic E-state index is 12.2. The van der Waals surface area contributed by atoms with E-state index in [1.165, 1.54) is 7.11 Å². The van der Waals surface area contributed by atoms with E-state index < -0.39 is 5.41 Å². The van der Waals surface area contributed by atoms with Crippen LogP contribution in [-0.2, 0) is 19.7 Å². The van der Waals surface area contributed by atoms with Crippen molar-refractivity contribution in [2.24, 2.45) is 0 Å². The number of methoxy groups -OCH3 is 1. The average molecular weight is 324 g/mol. The van der Waals surface area contributed by atoms with Crippen LogP contribution in [-0.4, -0.2) is 30.7 Å². The summed E-state index contributed by atoms with van der Waals surface area (Å²) in [5, 5.41) is 0. The Morgan fingerprint density at radius 3 is 2.79 bits per heavy atom. The third-order valence-electron chi connectivity index (χ3n) is 3.74. The fourth-order valence-electron chi connectivity index (χ4n) is 2.74. The lowest BCUT2D eigenvalue weighted by atomic mass is 9.80. The summed E-state index contributed by atoms with van der Waals surface area (Å²) < 4.78 is 13.3. The number of fused-ring (bicyclic) bond motifs is 1. The molecule has 0 bridgehead atoms. The van der Waals surface area contributed by atoms with Crippen LogP contribution in [0.15, 0.2) is 28.9 Å². The van der Waals surface area contributed by atoms with Gasteiger partial charge in [0, 0.05) is 16.4 Å². The zero-order valence-corrected chi connectivity index (χ0v) is 12.4. The molecular formula is C14H14BrNO3. The maximum Gasteiger partial charge on any atom is 0.322 e. The van der Waals surface area contributed by atoms with E-state index in [9.17, 15) is 4.79 Å². The molecule has 2 aromatic rings. The number of pyridine rings is 1. The van der Waals surface area contributed by atoms with Crippen molar-refractivity contribution in [1.29, 1.82) is 0 Å².